The molecule has 2 atom stereocenters. The Bertz CT molecular complexity index is 1200. The zero-order valence-corrected chi connectivity index (χ0v) is 18.9. The number of hydrogen-bond donors (Lipinski definition) is 3. The highest BCUT2D eigenvalue weighted by Gasteiger charge is 2.38. The van der Waals surface area contributed by atoms with Gasteiger partial charge in [0, 0.05) is 24.7 Å². The first-order valence-electron chi connectivity index (χ1n) is 11.1. The molecule has 2 aromatic carbocycles. The summed E-state index contributed by atoms with van der Waals surface area (Å²) in [5, 5.41) is 7.34. The molecule has 0 bridgehead atoms. The number of nitrogens with one attached hydrogen (secondary N) is 2. The summed E-state index contributed by atoms with van der Waals surface area (Å²) in [6.07, 6.45) is 2.19. The zero-order chi connectivity index (χ0) is 24.1. The first-order chi connectivity index (χ1) is 16.5. The summed E-state index contributed by atoms with van der Waals surface area (Å²) in [5.41, 5.74) is 7.44. The fourth-order valence-corrected chi connectivity index (χ4v) is 4.25. The molecule has 2 heterocycles. The van der Waals surface area contributed by atoms with Crippen molar-refractivity contribution in [2.24, 2.45) is 0 Å². The number of likely N-dealkylation sites (tertiary alicyclic amines) is 1. The van der Waals surface area contributed by atoms with E-state index in [0.29, 0.717) is 37.3 Å². The van der Waals surface area contributed by atoms with Gasteiger partial charge in [0.25, 0.3) is 5.91 Å². The molecule has 1 aromatic heterocycles. The molecule has 0 saturated carbocycles. The summed E-state index contributed by atoms with van der Waals surface area (Å²) >= 11 is 0. The predicted molar refractivity (Wildman–Crippen MR) is 127 cm³/mol. The monoisotopic (exact) mass is 461 g/mol. The molecular formula is C25H27N5O4. The van der Waals surface area contributed by atoms with Gasteiger partial charge >= 0.3 is 6.09 Å². The summed E-state index contributed by atoms with van der Waals surface area (Å²) < 4.78 is 4.70. The van der Waals surface area contributed by atoms with Crippen molar-refractivity contribution in [3.05, 3.63) is 71.9 Å². The van der Waals surface area contributed by atoms with Crippen molar-refractivity contribution in [1.82, 2.24) is 20.5 Å². The molecule has 9 heteroatoms. The van der Waals surface area contributed by atoms with Gasteiger partial charge in [-0.05, 0) is 41.5 Å². The molecule has 0 aliphatic carbocycles. The van der Waals surface area contributed by atoms with E-state index in [9.17, 15) is 14.4 Å². The fourth-order valence-electron chi connectivity index (χ4n) is 4.25. The molecule has 1 saturated heterocycles. The lowest BCUT2D eigenvalue weighted by atomic mass is 10.0. The van der Waals surface area contributed by atoms with Crippen LogP contribution in [0.3, 0.4) is 0 Å². The maximum absolute atomic E-state index is 13.4. The summed E-state index contributed by atoms with van der Waals surface area (Å²) in [7, 11) is 1.24. The van der Waals surface area contributed by atoms with Crippen LogP contribution in [0.4, 0.5) is 10.6 Å². The minimum atomic E-state index is -0.943. The number of nitrogens with zero attached hydrogens (tertiary/aromatic N) is 2. The number of carbonyl (C=O) groups excluding carboxylic acids is 3. The lowest BCUT2D eigenvalue weighted by Gasteiger charge is -2.28. The lowest BCUT2D eigenvalue weighted by Crippen LogP contribution is -2.50. The predicted octanol–water partition coefficient (Wildman–Crippen LogP) is 2.52. The maximum atomic E-state index is 13.4. The van der Waals surface area contributed by atoms with E-state index in [2.05, 4.69) is 15.6 Å². The average molecular weight is 462 g/mol. The van der Waals surface area contributed by atoms with Crippen LogP contribution in [0.25, 0.3) is 10.8 Å². The van der Waals surface area contributed by atoms with E-state index in [0.717, 1.165) is 16.3 Å². The second kappa shape index (κ2) is 10.2. The number of nitrogen functional groups attached to an aromatic ring is 1. The third-order valence-electron chi connectivity index (χ3n) is 5.99. The van der Waals surface area contributed by atoms with Gasteiger partial charge in [-0.15, -0.1) is 0 Å². The minimum Gasteiger partial charge on any atom is -0.453 e. The second-order valence-corrected chi connectivity index (χ2v) is 8.14. The zero-order valence-electron chi connectivity index (χ0n) is 18.9. The number of pyridine rings is 1. The van der Waals surface area contributed by atoms with Crippen LogP contribution in [-0.2, 0) is 20.9 Å². The third kappa shape index (κ3) is 4.93. The van der Waals surface area contributed by atoms with Gasteiger partial charge < -0.3 is 26.0 Å². The number of amides is 3. The minimum absolute atomic E-state index is 0.231. The molecule has 4 N–H and O–H groups in total. The number of benzene rings is 2. The van der Waals surface area contributed by atoms with Gasteiger partial charge in [0.2, 0.25) is 5.91 Å². The molecule has 1 aliphatic heterocycles. The summed E-state index contributed by atoms with van der Waals surface area (Å²) in [6.45, 7) is 0.753. The van der Waals surface area contributed by atoms with E-state index in [1.54, 1.807) is 30.5 Å². The number of fused-ring (bicyclic) bond motifs is 1. The Morgan fingerprint density at radius 3 is 2.74 bits per heavy atom. The summed E-state index contributed by atoms with van der Waals surface area (Å²) in [6, 6.07) is 15.0. The molecule has 1 fully saturated rings. The highest BCUT2D eigenvalue weighted by Crippen LogP contribution is 2.24. The molecule has 1 aliphatic rings. The SMILES string of the molecule is COC(=O)N[C@@H](C(=O)N1CCCC1C(=O)NCc1ccc2c(N)nccc2c1)c1ccccc1. The van der Waals surface area contributed by atoms with Crippen LogP contribution >= 0.6 is 0 Å². The first kappa shape index (κ1) is 23.0. The molecule has 3 amide bonds. The normalized spacial score (nSPS) is 16.1. The van der Waals surface area contributed by atoms with E-state index >= 15 is 0 Å². The van der Waals surface area contributed by atoms with Gasteiger partial charge in [-0.3, -0.25) is 9.59 Å². The van der Waals surface area contributed by atoms with Crippen LogP contribution in [0.1, 0.15) is 30.0 Å². The fraction of sp³-hybridized carbons (Fsp3) is 0.280. The van der Waals surface area contributed by atoms with Gasteiger partial charge in [0.1, 0.15) is 17.9 Å². The van der Waals surface area contributed by atoms with Crippen molar-refractivity contribution in [3.8, 4) is 0 Å². The Morgan fingerprint density at radius 1 is 1.18 bits per heavy atom. The average Bonchev–Trinajstić information content (AvgIpc) is 3.36. The van der Waals surface area contributed by atoms with Crippen LogP contribution < -0.4 is 16.4 Å². The Hall–Kier alpha value is -4.14. The molecule has 0 radical (unpaired) electrons. The number of methoxy groups -OCH3 is 1. The van der Waals surface area contributed by atoms with Crippen LogP contribution in [0.2, 0.25) is 0 Å². The van der Waals surface area contributed by atoms with Gasteiger partial charge in [-0.2, -0.15) is 0 Å². The lowest BCUT2D eigenvalue weighted by molar-refractivity contribution is -0.140. The maximum Gasteiger partial charge on any atom is 0.407 e. The molecule has 0 spiro atoms. The quantitative estimate of drug-likeness (QED) is 0.518. The number of ether oxygens (including phenoxy) is 1. The van der Waals surface area contributed by atoms with Crippen molar-refractivity contribution in [2.75, 3.05) is 19.4 Å². The third-order valence-corrected chi connectivity index (χ3v) is 5.99. The van der Waals surface area contributed by atoms with Crippen LogP contribution in [0.5, 0.6) is 0 Å². The molecule has 4 rings (SSSR count). The highest BCUT2D eigenvalue weighted by molar-refractivity contribution is 5.93. The molecule has 1 unspecified atom stereocenters. The van der Waals surface area contributed by atoms with E-state index in [1.165, 1.54) is 12.0 Å². The van der Waals surface area contributed by atoms with Crippen molar-refractivity contribution in [2.45, 2.75) is 31.5 Å². The van der Waals surface area contributed by atoms with Crippen LogP contribution in [0, 0.1) is 0 Å². The topological polar surface area (TPSA) is 127 Å². The van der Waals surface area contributed by atoms with Crippen molar-refractivity contribution in [1.29, 1.82) is 0 Å². The number of alkyl carbamates (subject to hydrolysis) is 1. The molecular weight excluding hydrogens is 434 g/mol. The van der Waals surface area contributed by atoms with Crippen LogP contribution in [0.15, 0.2) is 60.8 Å². The molecule has 176 valence electrons. The molecule has 34 heavy (non-hydrogen) atoms. The Balaban J connectivity index is 1.46. The van der Waals surface area contributed by atoms with E-state index < -0.39 is 18.2 Å². The Kier molecular flexibility index (Phi) is 6.91. The number of aromatic nitrogens is 1. The smallest absolute Gasteiger partial charge is 0.407 e. The van der Waals surface area contributed by atoms with Gasteiger partial charge in [-0.25, -0.2) is 9.78 Å². The second-order valence-electron chi connectivity index (χ2n) is 8.14. The Morgan fingerprint density at radius 2 is 1.97 bits per heavy atom. The highest BCUT2D eigenvalue weighted by atomic mass is 16.5. The standard InChI is InChI=1S/C25H27N5O4/c1-34-25(33)29-21(17-6-3-2-4-7-17)24(32)30-13-5-8-20(30)23(31)28-15-16-9-10-19-18(14-16)11-12-27-22(19)26/h2-4,6-7,9-12,14,20-21H,5,8,13,15H2,1H3,(H2,26,27)(H,28,31)(H,29,33)/t20?,21-/m1/s1. The summed E-state index contributed by atoms with van der Waals surface area (Å²) in [4.78, 5) is 44.0. The number of hydrogen-bond acceptors (Lipinski definition) is 6. The van der Waals surface area contributed by atoms with Crippen LogP contribution in [-0.4, -0.2) is 47.5 Å². The number of carbonyl (C=O) groups is 3. The molecule has 9 nitrogen and oxygen atoms in total. The van der Waals surface area contributed by atoms with E-state index in [-0.39, 0.29) is 11.8 Å². The van der Waals surface area contributed by atoms with Gasteiger partial charge in [-0.1, -0.05) is 42.5 Å². The van der Waals surface area contributed by atoms with Gasteiger partial charge in [0.05, 0.1) is 7.11 Å². The van der Waals surface area contributed by atoms with Crippen molar-refractivity contribution < 1.29 is 19.1 Å². The van der Waals surface area contributed by atoms with Gasteiger partial charge in [0.15, 0.2) is 0 Å². The number of nitrogens with two attached hydrogens (primary N) is 1. The number of anilines is 1. The van der Waals surface area contributed by atoms with E-state index in [1.807, 2.05) is 30.3 Å². The first-order valence-corrected chi connectivity index (χ1v) is 11.1. The Labute approximate surface area is 197 Å². The summed E-state index contributed by atoms with van der Waals surface area (Å²) in [5.74, 6) is -0.116. The van der Waals surface area contributed by atoms with Crippen molar-refractivity contribution >= 4 is 34.5 Å². The van der Waals surface area contributed by atoms with E-state index in [4.69, 9.17) is 10.5 Å². The number of rotatable bonds is 6. The largest absolute Gasteiger partial charge is 0.453 e. The molecule has 3 aromatic rings. The van der Waals surface area contributed by atoms with Crippen molar-refractivity contribution in [3.63, 3.8) is 0 Å².